The monoisotopic (exact) mass is 448 g/mol. The number of hydrogen-bond donors (Lipinski definition) is 0. The number of carbonyl (C=O) groups is 1. The summed E-state index contributed by atoms with van der Waals surface area (Å²) in [5.41, 5.74) is 6.16. The van der Waals surface area contributed by atoms with Crippen molar-refractivity contribution in [1.82, 2.24) is 15.2 Å². The molecule has 3 aromatic rings. The molecule has 166 valence electrons. The fourth-order valence-corrected chi connectivity index (χ4v) is 4.70. The third-order valence-electron chi connectivity index (χ3n) is 5.37. The van der Waals surface area contributed by atoms with Crippen LogP contribution in [0.5, 0.6) is 5.88 Å². The van der Waals surface area contributed by atoms with Gasteiger partial charge in [0.25, 0.3) is 0 Å². The van der Waals surface area contributed by atoms with Gasteiger partial charge in [0, 0.05) is 23.8 Å². The zero-order chi connectivity index (χ0) is 23.0. The molecule has 2 aromatic carbocycles. The molecule has 7 heteroatoms. The zero-order valence-corrected chi connectivity index (χ0v) is 20.2. The van der Waals surface area contributed by atoms with Gasteiger partial charge in [0.2, 0.25) is 23.2 Å². The van der Waals surface area contributed by atoms with Gasteiger partial charge in [-0.2, -0.15) is 4.98 Å². The Bertz CT molecular complexity index is 1180. The summed E-state index contributed by atoms with van der Waals surface area (Å²) in [6, 6.07) is 12.1. The van der Waals surface area contributed by atoms with Gasteiger partial charge in [-0.3, -0.25) is 9.69 Å². The highest BCUT2D eigenvalue weighted by molar-refractivity contribution is 7.99. The first kappa shape index (κ1) is 22.3. The number of hydrogen-bond acceptors (Lipinski definition) is 6. The van der Waals surface area contributed by atoms with Crippen molar-refractivity contribution in [2.75, 3.05) is 10.7 Å². The number of benzene rings is 2. The van der Waals surface area contributed by atoms with E-state index in [4.69, 9.17) is 9.72 Å². The molecule has 1 aliphatic rings. The SMILES string of the molecule is CC(=O)N1c2c(C)cc(C)cc2-c2nnc(SCC(C)C)nc2O[C@@H]1c1ccccc1C. The summed E-state index contributed by atoms with van der Waals surface area (Å²) >= 11 is 1.56. The van der Waals surface area contributed by atoms with Gasteiger partial charge in [0.1, 0.15) is 0 Å². The van der Waals surface area contributed by atoms with Crippen molar-refractivity contribution in [1.29, 1.82) is 0 Å². The first-order chi connectivity index (χ1) is 15.3. The number of aryl methyl sites for hydroxylation is 3. The first-order valence-corrected chi connectivity index (χ1v) is 11.8. The Hall–Kier alpha value is -2.93. The van der Waals surface area contributed by atoms with Crippen LogP contribution in [0.1, 0.15) is 49.3 Å². The minimum absolute atomic E-state index is 0.110. The Morgan fingerprint density at radius 1 is 1.12 bits per heavy atom. The second kappa shape index (κ2) is 8.90. The molecule has 0 aliphatic carbocycles. The maximum absolute atomic E-state index is 13.0. The summed E-state index contributed by atoms with van der Waals surface area (Å²) in [4.78, 5) is 19.5. The molecule has 4 rings (SSSR count). The van der Waals surface area contributed by atoms with Crippen LogP contribution in [0, 0.1) is 26.7 Å². The van der Waals surface area contributed by atoms with Gasteiger partial charge in [-0.1, -0.05) is 61.5 Å². The summed E-state index contributed by atoms with van der Waals surface area (Å²) in [5.74, 6) is 1.68. The Morgan fingerprint density at radius 3 is 2.56 bits per heavy atom. The van der Waals surface area contributed by atoms with E-state index in [0.29, 0.717) is 22.6 Å². The molecule has 1 amide bonds. The van der Waals surface area contributed by atoms with E-state index < -0.39 is 6.23 Å². The lowest BCUT2D eigenvalue weighted by atomic mass is 9.99. The third kappa shape index (κ3) is 4.21. The van der Waals surface area contributed by atoms with Crippen LogP contribution in [-0.2, 0) is 4.79 Å². The van der Waals surface area contributed by atoms with E-state index in [1.807, 2.05) is 51.1 Å². The van der Waals surface area contributed by atoms with Gasteiger partial charge in [0.15, 0.2) is 5.69 Å². The van der Waals surface area contributed by atoms with Crippen LogP contribution < -0.4 is 9.64 Å². The van der Waals surface area contributed by atoms with Gasteiger partial charge >= 0.3 is 0 Å². The van der Waals surface area contributed by atoms with Gasteiger partial charge in [-0.05, 0) is 43.9 Å². The Balaban J connectivity index is 1.96. The second-order valence-electron chi connectivity index (χ2n) is 8.65. The zero-order valence-electron chi connectivity index (χ0n) is 19.3. The summed E-state index contributed by atoms with van der Waals surface area (Å²) in [6.07, 6.45) is -0.658. The number of fused-ring (bicyclic) bond motifs is 3. The number of aromatic nitrogens is 3. The minimum Gasteiger partial charge on any atom is -0.447 e. The number of thioether (sulfide) groups is 1. The average molecular weight is 449 g/mol. The smallest absolute Gasteiger partial charge is 0.247 e. The van der Waals surface area contributed by atoms with Crippen molar-refractivity contribution in [2.45, 2.75) is 52.9 Å². The largest absolute Gasteiger partial charge is 0.447 e. The van der Waals surface area contributed by atoms with Crippen LogP contribution in [0.2, 0.25) is 0 Å². The fourth-order valence-electron chi connectivity index (χ4n) is 3.98. The lowest BCUT2D eigenvalue weighted by molar-refractivity contribution is -0.118. The molecule has 0 radical (unpaired) electrons. The van der Waals surface area contributed by atoms with E-state index in [2.05, 4.69) is 30.1 Å². The van der Waals surface area contributed by atoms with Crippen molar-refractivity contribution in [3.05, 3.63) is 58.7 Å². The minimum atomic E-state index is -0.658. The number of carbonyl (C=O) groups excluding carboxylic acids is 1. The molecule has 0 saturated heterocycles. The number of nitrogens with zero attached hydrogens (tertiary/aromatic N) is 4. The van der Waals surface area contributed by atoms with E-state index in [1.54, 1.807) is 23.6 Å². The molecule has 0 spiro atoms. The average Bonchev–Trinajstić information content (AvgIpc) is 2.87. The molecule has 6 nitrogen and oxygen atoms in total. The van der Waals surface area contributed by atoms with Crippen LogP contribution in [0.15, 0.2) is 41.6 Å². The van der Waals surface area contributed by atoms with E-state index >= 15 is 0 Å². The van der Waals surface area contributed by atoms with Crippen molar-refractivity contribution >= 4 is 23.4 Å². The lowest BCUT2D eigenvalue weighted by Gasteiger charge is -2.32. The maximum Gasteiger partial charge on any atom is 0.247 e. The summed E-state index contributed by atoms with van der Waals surface area (Å²) in [6.45, 7) is 11.9. The summed E-state index contributed by atoms with van der Waals surface area (Å²) in [5, 5.41) is 9.47. The van der Waals surface area contributed by atoms with Gasteiger partial charge in [-0.15, -0.1) is 10.2 Å². The van der Waals surface area contributed by atoms with Crippen molar-refractivity contribution in [3.8, 4) is 17.1 Å². The number of amides is 1. The Labute approximate surface area is 193 Å². The number of rotatable bonds is 4. The highest BCUT2D eigenvalue weighted by atomic mass is 32.2. The molecule has 1 atom stereocenters. The van der Waals surface area contributed by atoms with Crippen molar-refractivity contribution in [3.63, 3.8) is 0 Å². The maximum atomic E-state index is 13.0. The lowest BCUT2D eigenvalue weighted by Crippen LogP contribution is -2.37. The molecule has 2 heterocycles. The first-order valence-electron chi connectivity index (χ1n) is 10.8. The normalized spacial score (nSPS) is 15.1. The van der Waals surface area contributed by atoms with E-state index in [0.717, 1.165) is 39.3 Å². The van der Waals surface area contributed by atoms with Crippen LogP contribution in [0.4, 0.5) is 5.69 Å². The molecule has 32 heavy (non-hydrogen) atoms. The fraction of sp³-hybridized carbons (Fsp3) is 0.360. The molecule has 0 unspecified atom stereocenters. The van der Waals surface area contributed by atoms with E-state index in [1.165, 1.54) is 0 Å². The van der Waals surface area contributed by atoms with Crippen LogP contribution >= 0.6 is 11.8 Å². The summed E-state index contributed by atoms with van der Waals surface area (Å²) in [7, 11) is 0. The van der Waals surface area contributed by atoms with Crippen molar-refractivity contribution in [2.24, 2.45) is 5.92 Å². The molecular weight excluding hydrogens is 420 g/mol. The number of anilines is 1. The van der Waals surface area contributed by atoms with Crippen LogP contribution in [-0.4, -0.2) is 26.8 Å². The van der Waals surface area contributed by atoms with Gasteiger partial charge < -0.3 is 4.74 Å². The number of ether oxygens (including phenoxy) is 1. The second-order valence-corrected chi connectivity index (χ2v) is 9.63. The molecular formula is C25H28N4O2S. The van der Waals surface area contributed by atoms with E-state index in [9.17, 15) is 4.79 Å². The third-order valence-corrected chi connectivity index (χ3v) is 6.64. The molecule has 0 saturated carbocycles. The van der Waals surface area contributed by atoms with E-state index in [-0.39, 0.29) is 5.91 Å². The van der Waals surface area contributed by atoms with Gasteiger partial charge in [-0.25, -0.2) is 0 Å². The van der Waals surface area contributed by atoms with Crippen LogP contribution in [0.25, 0.3) is 11.3 Å². The topological polar surface area (TPSA) is 68.2 Å². The van der Waals surface area contributed by atoms with Gasteiger partial charge in [0.05, 0.1) is 5.69 Å². The summed E-state index contributed by atoms with van der Waals surface area (Å²) < 4.78 is 6.50. The highest BCUT2D eigenvalue weighted by Crippen LogP contribution is 2.45. The molecule has 1 aliphatic heterocycles. The molecule has 0 fully saturated rings. The van der Waals surface area contributed by atoms with Crippen molar-refractivity contribution < 1.29 is 9.53 Å². The highest BCUT2D eigenvalue weighted by Gasteiger charge is 2.36. The van der Waals surface area contributed by atoms with Crippen LogP contribution in [0.3, 0.4) is 0 Å². The quantitative estimate of drug-likeness (QED) is 0.480. The molecule has 0 N–H and O–H groups in total. The predicted molar refractivity (Wildman–Crippen MR) is 128 cm³/mol. The Kier molecular flexibility index (Phi) is 6.20. The molecule has 0 bridgehead atoms. The standard InChI is InChI=1S/C25H28N4O2S/c1-14(2)13-32-25-26-23-21(27-28-25)20-12-15(3)11-17(5)22(20)29(18(6)30)24(31-23)19-10-8-7-9-16(19)4/h7-12,14,24H,13H2,1-6H3/t24-/m1/s1. The Morgan fingerprint density at radius 2 is 1.88 bits per heavy atom. The molecule has 1 aromatic heterocycles. The predicted octanol–water partition coefficient (Wildman–Crippen LogP) is 5.66.